The Bertz CT molecular complexity index is 487. The summed E-state index contributed by atoms with van der Waals surface area (Å²) >= 11 is 0. The van der Waals surface area contributed by atoms with Gasteiger partial charge in [-0.05, 0) is 18.2 Å². The first-order valence-corrected chi connectivity index (χ1v) is 6.13. The zero-order valence-corrected chi connectivity index (χ0v) is 10.7. The van der Waals surface area contributed by atoms with Crippen LogP contribution in [0.5, 0.6) is 0 Å². The van der Waals surface area contributed by atoms with Gasteiger partial charge in [-0.15, -0.1) is 0 Å². The molecule has 1 saturated heterocycles. The minimum absolute atomic E-state index is 0.369. The lowest BCUT2D eigenvalue weighted by Crippen LogP contribution is -2.51. The quantitative estimate of drug-likeness (QED) is 0.739. The van der Waals surface area contributed by atoms with Gasteiger partial charge in [0.1, 0.15) is 5.82 Å². The van der Waals surface area contributed by atoms with E-state index < -0.39 is 17.6 Å². The number of carbonyl (C=O) groups is 2. The van der Waals surface area contributed by atoms with Crippen LogP contribution in [0.4, 0.5) is 10.1 Å². The monoisotopic (exact) mass is 265 g/mol. The number of nitrogens with one attached hydrogen (secondary N) is 1. The van der Waals surface area contributed by atoms with Gasteiger partial charge in [0.15, 0.2) is 0 Å². The fourth-order valence-electron chi connectivity index (χ4n) is 1.95. The average molecular weight is 265 g/mol. The predicted molar refractivity (Wildman–Crippen MR) is 69.3 cm³/mol. The highest BCUT2D eigenvalue weighted by Gasteiger charge is 2.26. The van der Waals surface area contributed by atoms with Crippen molar-refractivity contribution in [2.75, 3.05) is 38.1 Å². The van der Waals surface area contributed by atoms with Crippen LogP contribution in [0.15, 0.2) is 24.3 Å². The first-order valence-electron chi connectivity index (χ1n) is 6.13. The third kappa shape index (κ3) is 3.08. The topological polar surface area (TPSA) is 52.7 Å². The highest BCUT2D eigenvalue weighted by Crippen LogP contribution is 2.14. The molecule has 1 aliphatic rings. The first-order chi connectivity index (χ1) is 9.09. The molecule has 19 heavy (non-hydrogen) atoms. The lowest BCUT2D eigenvalue weighted by atomic mass is 10.2. The minimum Gasteiger partial charge on any atom is -0.332 e. The number of benzene rings is 1. The number of hydrogen-bond donors (Lipinski definition) is 1. The second-order valence-electron chi connectivity index (χ2n) is 4.39. The van der Waals surface area contributed by atoms with E-state index in [1.54, 1.807) is 6.07 Å². The summed E-state index contributed by atoms with van der Waals surface area (Å²) in [6.07, 6.45) is 0. The molecule has 2 rings (SSSR count). The van der Waals surface area contributed by atoms with E-state index in [4.69, 9.17) is 0 Å². The van der Waals surface area contributed by atoms with Crippen molar-refractivity contribution in [2.24, 2.45) is 0 Å². The standard InChI is InChI=1S/C13H16FN3O2/c1-16(11-4-2-3-10(14)9-11)12(18)13(19)17-7-5-15-6-8-17/h2-4,9,15H,5-8H2,1H3. The zero-order valence-electron chi connectivity index (χ0n) is 10.7. The average Bonchev–Trinajstić information content (AvgIpc) is 2.46. The van der Waals surface area contributed by atoms with E-state index in [-0.39, 0.29) is 0 Å². The molecule has 0 atom stereocenters. The van der Waals surface area contributed by atoms with Crippen molar-refractivity contribution in [3.63, 3.8) is 0 Å². The van der Waals surface area contributed by atoms with E-state index in [0.29, 0.717) is 31.9 Å². The molecular weight excluding hydrogens is 249 g/mol. The van der Waals surface area contributed by atoms with Crippen molar-refractivity contribution < 1.29 is 14.0 Å². The van der Waals surface area contributed by atoms with Crippen LogP contribution in [0.25, 0.3) is 0 Å². The number of halogens is 1. The van der Waals surface area contributed by atoms with Crippen LogP contribution in [-0.4, -0.2) is 49.9 Å². The van der Waals surface area contributed by atoms with E-state index >= 15 is 0 Å². The summed E-state index contributed by atoms with van der Waals surface area (Å²) in [4.78, 5) is 26.7. The Hall–Kier alpha value is -1.95. The summed E-state index contributed by atoms with van der Waals surface area (Å²) in [7, 11) is 1.47. The second kappa shape index (κ2) is 5.79. The van der Waals surface area contributed by atoms with Gasteiger partial charge >= 0.3 is 11.8 Å². The van der Waals surface area contributed by atoms with E-state index in [1.807, 2.05) is 0 Å². The molecule has 0 aromatic heterocycles. The maximum absolute atomic E-state index is 13.1. The molecule has 1 fully saturated rings. The minimum atomic E-state index is -0.646. The van der Waals surface area contributed by atoms with Crippen LogP contribution in [0.2, 0.25) is 0 Å². The van der Waals surface area contributed by atoms with Crippen molar-refractivity contribution in [2.45, 2.75) is 0 Å². The van der Waals surface area contributed by atoms with Crippen LogP contribution in [0, 0.1) is 5.82 Å². The molecule has 0 bridgehead atoms. The molecule has 1 heterocycles. The Morgan fingerprint density at radius 3 is 2.63 bits per heavy atom. The van der Waals surface area contributed by atoms with Crippen molar-refractivity contribution in [1.82, 2.24) is 10.2 Å². The van der Waals surface area contributed by atoms with Crippen molar-refractivity contribution in [3.05, 3.63) is 30.1 Å². The highest BCUT2D eigenvalue weighted by molar-refractivity contribution is 6.40. The highest BCUT2D eigenvalue weighted by atomic mass is 19.1. The molecular formula is C13H16FN3O2. The maximum Gasteiger partial charge on any atom is 0.316 e. The molecule has 1 N–H and O–H groups in total. The molecule has 2 amide bonds. The Morgan fingerprint density at radius 2 is 2.00 bits per heavy atom. The van der Waals surface area contributed by atoms with Gasteiger partial charge in [-0.1, -0.05) is 6.07 Å². The normalized spacial score (nSPS) is 15.2. The molecule has 1 aliphatic heterocycles. The van der Waals surface area contributed by atoms with Gasteiger partial charge in [0.2, 0.25) is 0 Å². The number of carbonyl (C=O) groups excluding carboxylic acids is 2. The second-order valence-corrected chi connectivity index (χ2v) is 4.39. The SMILES string of the molecule is CN(C(=O)C(=O)N1CCNCC1)c1cccc(F)c1. The van der Waals surface area contributed by atoms with Crippen LogP contribution in [0.3, 0.4) is 0 Å². The summed E-state index contributed by atoms with van der Waals surface area (Å²) in [5.41, 5.74) is 0.369. The van der Waals surface area contributed by atoms with Crippen LogP contribution < -0.4 is 10.2 Å². The molecule has 0 unspecified atom stereocenters. The van der Waals surface area contributed by atoms with E-state index in [9.17, 15) is 14.0 Å². The molecule has 1 aromatic carbocycles. The summed E-state index contributed by atoms with van der Waals surface area (Å²) in [5.74, 6) is -1.63. The molecule has 5 nitrogen and oxygen atoms in total. The zero-order chi connectivity index (χ0) is 13.8. The molecule has 0 aliphatic carbocycles. The van der Waals surface area contributed by atoms with Gasteiger partial charge in [-0.3, -0.25) is 9.59 Å². The summed E-state index contributed by atoms with van der Waals surface area (Å²) < 4.78 is 13.1. The van der Waals surface area contributed by atoms with Gasteiger partial charge in [0.25, 0.3) is 0 Å². The smallest absolute Gasteiger partial charge is 0.316 e. The fraction of sp³-hybridized carbons (Fsp3) is 0.385. The van der Waals surface area contributed by atoms with Crippen LogP contribution in [-0.2, 0) is 9.59 Å². The lowest BCUT2D eigenvalue weighted by Gasteiger charge is -2.28. The molecule has 0 spiro atoms. The number of hydrogen-bond acceptors (Lipinski definition) is 3. The Balaban J connectivity index is 2.08. The van der Waals surface area contributed by atoms with Crippen LogP contribution >= 0.6 is 0 Å². The van der Waals surface area contributed by atoms with Crippen molar-refractivity contribution in [1.29, 1.82) is 0 Å². The number of rotatable bonds is 1. The van der Waals surface area contributed by atoms with Gasteiger partial charge in [-0.25, -0.2) is 4.39 Å². The molecule has 102 valence electrons. The van der Waals surface area contributed by atoms with Crippen LogP contribution in [0.1, 0.15) is 0 Å². The van der Waals surface area contributed by atoms with E-state index in [0.717, 1.165) is 0 Å². The summed E-state index contributed by atoms with van der Waals surface area (Å²) in [5, 5.41) is 3.11. The number of anilines is 1. The number of amides is 2. The van der Waals surface area contributed by atoms with E-state index in [2.05, 4.69) is 5.32 Å². The fourth-order valence-corrected chi connectivity index (χ4v) is 1.95. The number of likely N-dealkylation sites (N-methyl/N-ethyl adjacent to an activating group) is 1. The number of nitrogens with zero attached hydrogens (tertiary/aromatic N) is 2. The summed E-state index contributed by atoms with van der Waals surface area (Å²) in [6, 6.07) is 5.61. The lowest BCUT2D eigenvalue weighted by molar-refractivity contribution is -0.144. The maximum atomic E-state index is 13.1. The summed E-state index contributed by atoms with van der Waals surface area (Å²) in [6.45, 7) is 2.40. The molecule has 0 radical (unpaired) electrons. The molecule has 6 heteroatoms. The predicted octanol–water partition coefficient (Wildman–Crippen LogP) is 0.220. The van der Waals surface area contributed by atoms with Crippen molar-refractivity contribution in [3.8, 4) is 0 Å². The van der Waals surface area contributed by atoms with Crippen molar-refractivity contribution >= 4 is 17.5 Å². The van der Waals surface area contributed by atoms with Gasteiger partial charge in [0, 0.05) is 38.9 Å². The Kier molecular flexibility index (Phi) is 4.11. The van der Waals surface area contributed by atoms with Gasteiger partial charge in [0.05, 0.1) is 0 Å². The third-order valence-corrected chi connectivity index (χ3v) is 3.09. The van der Waals surface area contributed by atoms with Gasteiger partial charge < -0.3 is 15.1 Å². The largest absolute Gasteiger partial charge is 0.332 e. The molecule has 0 saturated carbocycles. The first kappa shape index (κ1) is 13.5. The number of piperazine rings is 1. The van der Waals surface area contributed by atoms with Gasteiger partial charge in [-0.2, -0.15) is 0 Å². The Labute approximate surface area is 111 Å². The van der Waals surface area contributed by atoms with E-state index in [1.165, 1.54) is 35.0 Å². The Morgan fingerprint density at radius 1 is 1.32 bits per heavy atom. The third-order valence-electron chi connectivity index (χ3n) is 3.09. The molecule has 1 aromatic rings.